The third-order valence-corrected chi connectivity index (χ3v) is 3.94. The van der Waals surface area contributed by atoms with Gasteiger partial charge in [-0.2, -0.15) is 0 Å². The third kappa shape index (κ3) is 3.70. The predicted molar refractivity (Wildman–Crippen MR) is 93.7 cm³/mol. The van der Waals surface area contributed by atoms with E-state index in [4.69, 9.17) is 11.6 Å². The first-order valence-corrected chi connectivity index (χ1v) is 7.57. The van der Waals surface area contributed by atoms with Gasteiger partial charge in [-0.25, -0.2) is 0 Å². The number of aryl methyl sites for hydroxylation is 2. The summed E-state index contributed by atoms with van der Waals surface area (Å²) in [4.78, 5) is 2.09. The number of hydrogen-bond donors (Lipinski definition) is 1. The Bertz CT molecular complexity index is 635. The summed E-state index contributed by atoms with van der Waals surface area (Å²) in [5, 5.41) is 4.33. The summed E-state index contributed by atoms with van der Waals surface area (Å²) in [6.07, 6.45) is 0. The molecule has 0 aliphatic carbocycles. The first kappa shape index (κ1) is 15.7. The van der Waals surface area contributed by atoms with E-state index in [9.17, 15) is 0 Å². The number of anilines is 2. The van der Waals surface area contributed by atoms with E-state index in [1.165, 1.54) is 16.7 Å². The summed E-state index contributed by atoms with van der Waals surface area (Å²) in [6.45, 7) is 6.46. The number of nitrogens with zero attached hydrogens (tertiary/aromatic N) is 1. The van der Waals surface area contributed by atoms with Gasteiger partial charge in [0.2, 0.25) is 0 Å². The van der Waals surface area contributed by atoms with E-state index >= 15 is 0 Å². The second-order valence-electron chi connectivity index (χ2n) is 5.78. The summed E-state index contributed by atoms with van der Waals surface area (Å²) in [5.41, 5.74) is 6.10. The van der Waals surface area contributed by atoms with Crippen LogP contribution in [0, 0.1) is 13.8 Å². The number of benzene rings is 2. The Labute approximate surface area is 132 Å². The van der Waals surface area contributed by atoms with E-state index in [1.807, 2.05) is 32.3 Å². The van der Waals surface area contributed by atoms with Crippen LogP contribution in [0.3, 0.4) is 0 Å². The largest absolute Gasteiger partial charge is 0.377 e. The topological polar surface area (TPSA) is 15.3 Å². The fourth-order valence-corrected chi connectivity index (χ4v) is 2.81. The molecule has 0 amide bonds. The second-order valence-corrected chi connectivity index (χ2v) is 6.22. The minimum Gasteiger partial charge on any atom is -0.377 e. The molecule has 0 fully saturated rings. The molecule has 2 nitrogen and oxygen atoms in total. The SMILES string of the molecule is Cc1ccc(C(C)Nc2cc(Cl)ccc2N(C)C)c(C)c1. The van der Waals surface area contributed by atoms with Crippen LogP contribution in [0.4, 0.5) is 11.4 Å². The lowest BCUT2D eigenvalue weighted by molar-refractivity contribution is 0.871. The van der Waals surface area contributed by atoms with E-state index in [0.717, 1.165) is 16.4 Å². The highest BCUT2D eigenvalue weighted by Gasteiger charge is 2.12. The Morgan fingerprint density at radius 3 is 2.38 bits per heavy atom. The molecule has 0 aliphatic heterocycles. The van der Waals surface area contributed by atoms with E-state index in [-0.39, 0.29) is 6.04 Å². The third-order valence-electron chi connectivity index (χ3n) is 3.70. The number of rotatable bonds is 4. The predicted octanol–water partition coefficient (Wildman–Crippen LogP) is 5.20. The monoisotopic (exact) mass is 302 g/mol. The van der Waals surface area contributed by atoms with Crippen LogP contribution in [-0.4, -0.2) is 14.1 Å². The van der Waals surface area contributed by atoms with Crippen molar-refractivity contribution in [3.05, 3.63) is 58.1 Å². The van der Waals surface area contributed by atoms with Crippen molar-refractivity contribution in [3.8, 4) is 0 Å². The molecular weight excluding hydrogens is 280 g/mol. The number of halogens is 1. The molecule has 0 aromatic heterocycles. The summed E-state index contributed by atoms with van der Waals surface area (Å²) in [7, 11) is 4.08. The molecule has 0 saturated carbocycles. The number of nitrogens with one attached hydrogen (secondary N) is 1. The highest BCUT2D eigenvalue weighted by molar-refractivity contribution is 6.31. The van der Waals surface area contributed by atoms with Crippen LogP contribution < -0.4 is 10.2 Å². The van der Waals surface area contributed by atoms with Crippen LogP contribution in [0.25, 0.3) is 0 Å². The van der Waals surface area contributed by atoms with E-state index in [2.05, 4.69) is 49.2 Å². The lowest BCUT2D eigenvalue weighted by atomic mass is 10.00. The second kappa shape index (κ2) is 6.40. The van der Waals surface area contributed by atoms with Gasteiger partial charge >= 0.3 is 0 Å². The Morgan fingerprint density at radius 2 is 1.76 bits per heavy atom. The molecule has 2 aromatic carbocycles. The van der Waals surface area contributed by atoms with Gasteiger partial charge in [-0.1, -0.05) is 35.4 Å². The normalized spacial score (nSPS) is 12.1. The first-order chi connectivity index (χ1) is 9.88. The fraction of sp³-hybridized carbons (Fsp3) is 0.333. The van der Waals surface area contributed by atoms with Gasteiger partial charge in [-0.3, -0.25) is 0 Å². The summed E-state index contributed by atoms with van der Waals surface area (Å²) in [6, 6.07) is 12.7. The molecule has 0 bridgehead atoms. The van der Waals surface area contributed by atoms with Crippen molar-refractivity contribution < 1.29 is 0 Å². The summed E-state index contributed by atoms with van der Waals surface area (Å²) < 4.78 is 0. The molecule has 2 aromatic rings. The summed E-state index contributed by atoms with van der Waals surface area (Å²) in [5.74, 6) is 0. The average molecular weight is 303 g/mol. The van der Waals surface area contributed by atoms with E-state index in [1.54, 1.807) is 0 Å². The minimum atomic E-state index is 0.225. The van der Waals surface area contributed by atoms with Crippen LogP contribution in [0.5, 0.6) is 0 Å². The Kier molecular flexibility index (Phi) is 4.79. The molecule has 1 N–H and O–H groups in total. The van der Waals surface area contributed by atoms with Gasteiger partial charge in [0, 0.05) is 25.2 Å². The highest BCUT2D eigenvalue weighted by atomic mass is 35.5. The molecular formula is C18H23ClN2. The molecule has 0 aliphatic rings. The molecule has 112 valence electrons. The quantitative estimate of drug-likeness (QED) is 0.835. The first-order valence-electron chi connectivity index (χ1n) is 7.19. The molecule has 0 spiro atoms. The van der Waals surface area contributed by atoms with Gasteiger partial charge in [0.1, 0.15) is 0 Å². The standard InChI is InChI=1S/C18H23ClN2/c1-12-6-8-16(13(2)10-12)14(3)20-17-11-15(19)7-9-18(17)21(4)5/h6-11,14,20H,1-5H3. The van der Waals surface area contributed by atoms with Crippen molar-refractivity contribution in [2.24, 2.45) is 0 Å². The molecule has 1 atom stereocenters. The van der Waals surface area contributed by atoms with Gasteiger partial charge in [-0.15, -0.1) is 0 Å². The van der Waals surface area contributed by atoms with Gasteiger partial charge in [0.25, 0.3) is 0 Å². The molecule has 2 rings (SSSR count). The Balaban J connectivity index is 2.31. The molecule has 0 radical (unpaired) electrons. The Morgan fingerprint density at radius 1 is 1.05 bits per heavy atom. The molecule has 0 saturated heterocycles. The van der Waals surface area contributed by atoms with Crippen LogP contribution in [0.15, 0.2) is 36.4 Å². The number of hydrogen-bond acceptors (Lipinski definition) is 2. The van der Waals surface area contributed by atoms with Gasteiger partial charge in [-0.05, 0) is 50.1 Å². The van der Waals surface area contributed by atoms with Crippen LogP contribution in [0.1, 0.15) is 29.7 Å². The van der Waals surface area contributed by atoms with Gasteiger partial charge in [0.05, 0.1) is 11.4 Å². The highest BCUT2D eigenvalue weighted by Crippen LogP contribution is 2.31. The molecule has 21 heavy (non-hydrogen) atoms. The lowest BCUT2D eigenvalue weighted by Crippen LogP contribution is -2.14. The van der Waals surface area contributed by atoms with E-state index < -0.39 is 0 Å². The summed E-state index contributed by atoms with van der Waals surface area (Å²) >= 11 is 6.14. The zero-order valence-corrected chi connectivity index (χ0v) is 14.1. The maximum Gasteiger partial charge on any atom is 0.0598 e. The van der Waals surface area contributed by atoms with Crippen molar-refractivity contribution in [2.75, 3.05) is 24.3 Å². The van der Waals surface area contributed by atoms with Gasteiger partial charge in [0.15, 0.2) is 0 Å². The van der Waals surface area contributed by atoms with Crippen molar-refractivity contribution >= 4 is 23.0 Å². The maximum absolute atomic E-state index is 6.14. The van der Waals surface area contributed by atoms with Crippen LogP contribution in [-0.2, 0) is 0 Å². The van der Waals surface area contributed by atoms with E-state index in [0.29, 0.717) is 0 Å². The Hall–Kier alpha value is -1.67. The molecule has 0 heterocycles. The van der Waals surface area contributed by atoms with Crippen molar-refractivity contribution in [3.63, 3.8) is 0 Å². The fourth-order valence-electron chi connectivity index (χ4n) is 2.64. The van der Waals surface area contributed by atoms with Gasteiger partial charge < -0.3 is 10.2 Å². The molecule has 1 unspecified atom stereocenters. The zero-order chi connectivity index (χ0) is 15.6. The van der Waals surface area contributed by atoms with Crippen LogP contribution in [0.2, 0.25) is 5.02 Å². The zero-order valence-electron chi connectivity index (χ0n) is 13.4. The smallest absolute Gasteiger partial charge is 0.0598 e. The van der Waals surface area contributed by atoms with Crippen molar-refractivity contribution in [1.29, 1.82) is 0 Å². The lowest BCUT2D eigenvalue weighted by Gasteiger charge is -2.23. The van der Waals surface area contributed by atoms with Crippen molar-refractivity contribution in [2.45, 2.75) is 26.8 Å². The van der Waals surface area contributed by atoms with Crippen molar-refractivity contribution in [1.82, 2.24) is 0 Å². The molecule has 3 heteroatoms. The maximum atomic E-state index is 6.14. The average Bonchev–Trinajstić information content (AvgIpc) is 2.37. The minimum absolute atomic E-state index is 0.225. The van der Waals surface area contributed by atoms with Crippen LogP contribution >= 0.6 is 11.6 Å².